The highest BCUT2D eigenvalue weighted by Gasteiger charge is 2.27. The highest BCUT2D eigenvalue weighted by molar-refractivity contribution is 7.89. The predicted molar refractivity (Wildman–Crippen MR) is 93.5 cm³/mol. The van der Waals surface area contributed by atoms with E-state index in [0.717, 1.165) is 12.8 Å². The summed E-state index contributed by atoms with van der Waals surface area (Å²) < 4.78 is 27.8. The smallest absolute Gasteiger partial charge is 0.300 e. The minimum atomic E-state index is -3.63. The predicted octanol–water partition coefficient (Wildman–Crippen LogP) is 1.13. The first-order valence-corrected chi connectivity index (χ1v) is 9.73. The Morgan fingerprint density at radius 3 is 1.88 bits per heavy atom. The lowest BCUT2D eigenvalue weighted by Gasteiger charge is -2.00. The Hall–Kier alpha value is -1.77. The zero-order valence-electron chi connectivity index (χ0n) is 14.3. The zero-order chi connectivity index (χ0) is 18.0. The van der Waals surface area contributed by atoms with Crippen LogP contribution in [0.3, 0.4) is 0 Å². The van der Waals surface area contributed by atoms with Gasteiger partial charge >= 0.3 is 10.2 Å². The number of Topliss-reactive ketones (excluding diaryl/α,β-unsaturated/α-hetero) is 2. The summed E-state index contributed by atoms with van der Waals surface area (Å²) in [6.07, 6.45) is 4.46. The van der Waals surface area contributed by atoms with E-state index in [1.165, 1.54) is 0 Å². The number of amidine groups is 2. The minimum absolute atomic E-state index is 0.134. The van der Waals surface area contributed by atoms with E-state index in [0.29, 0.717) is 45.2 Å². The van der Waals surface area contributed by atoms with Crippen LogP contribution in [0.4, 0.5) is 0 Å². The van der Waals surface area contributed by atoms with Gasteiger partial charge in [0.25, 0.3) is 0 Å². The van der Waals surface area contributed by atoms with Crippen molar-refractivity contribution in [1.82, 2.24) is 9.44 Å². The molecule has 0 spiro atoms. The van der Waals surface area contributed by atoms with E-state index in [1.54, 1.807) is 6.92 Å². The highest BCUT2D eigenvalue weighted by atomic mass is 32.2. The van der Waals surface area contributed by atoms with Gasteiger partial charge in [-0.15, -0.1) is 0 Å². The normalized spacial score (nSPS) is 19.2. The van der Waals surface area contributed by atoms with Gasteiger partial charge in [-0.1, -0.05) is 6.92 Å². The Balaban J connectivity index is 2.48. The molecule has 1 aliphatic heterocycles. The van der Waals surface area contributed by atoms with Crippen LogP contribution >= 0.6 is 0 Å². The molecule has 1 rings (SSSR count). The van der Waals surface area contributed by atoms with Crippen LogP contribution in [0.15, 0.2) is 9.98 Å². The molecule has 0 radical (unpaired) electrons. The lowest BCUT2D eigenvalue weighted by atomic mass is 10.1. The molecule has 0 bridgehead atoms. The fourth-order valence-corrected chi connectivity index (χ4v) is 2.95. The van der Waals surface area contributed by atoms with Crippen molar-refractivity contribution < 1.29 is 18.0 Å². The second-order valence-corrected chi connectivity index (χ2v) is 7.09. The van der Waals surface area contributed by atoms with Crippen molar-refractivity contribution in [2.75, 3.05) is 13.1 Å². The zero-order valence-corrected chi connectivity index (χ0v) is 15.1. The van der Waals surface area contributed by atoms with Crippen LogP contribution in [0, 0.1) is 0 Å². The van der Waals surface area contributed by atoms with Crippen molar-refractivity contribution in [3.05, 3.63) is 0 Å². The number of carbonyl (C=O) groups is 2. The second-order valence-electron chi connectivity index (χ2n) is 5.68. The van der Waals surface area contributed by atoms with E-state index < -0.39 is 10.2 Å². The van der Waals surface area contributed by atoms with E-state index in [2.05, 4.69) is 19.4 Å². The Bertz CT molecular complexity index is 611. The number of rotatable bonds is 11. The first-order valence-electron chi connectivity index (χ1n) is 8.25. The Morgan fingerprint density at radius 2 is 1.42 bits per heavy atom. The average molecular weight is 358 g/mol. The van der Waals surface area contributed by atoms with Gasteiger partial charge in [-0.25, -0.2) is 9.44 Å². The van der Waals surface area contributed by atoms with Crippen molar-refractivity contribution in [3.8, 4) is 0 Å². The number of nitrogens with one attached hydrogen (secondary N) is 2. The molecule has 9 heteroatoms. The molecule has 0 aromatic rings. The topological polar surface area (TPSA) is 117 Å². The number of carbonyl (C=O) groups excluding carboxylic acids is 2. The van der Waals surface area contributed by atoms with Crippen LogP contribution < -0.4 is 9.44 Å². The molecule has 0 amide bonds. The van der Waals surface area contributed by atoms with Gasteiger partial charge in [-0.3, -0.25) is 14.8 Å². The third-order valence-electron chi connectivity index (χ3n) is 3.42. The van der Waals surface area contributed by atoms with Gasteiger partial charge in [-0.05, 0) is 32.6 Å². The molecule has 0 aromatic heterocycles. The quantitative estimate of drug-likeness (QED) is 0.538. The lowest BCUT2D eigenvalue weighted by molar-refractivity contribution is -0.119. The van der Waals surface area contributed by atoms with E-state index in [1.807, 2.05) is 6.92 Å². The van der Waals surface area contributed by atoms with Crippen molar-refractivity contribution in [2.24, 2.45) is 9.98 Å². The number of hydrogen-bond donors (Lipinski definition) is 2. The van der Waals surface area contributed by atoms with Crippen molar-refractivity contribution in [2.45, 2.75) is 58.8 Å². The van der Waals surface area contributed by atoms with Crippen LogP contribution in [0.2, 0.25) is 0 Å². The maximum atomic E-state index is 11.6. The molecule has 2 N–H and O–H groups in total. The second kappa shape index (κ2) is 10.2. The first-order chi connectivity index (χ1) is 11.3. The van der Waals surface area contributed by atoms with E-state index >= 15 is 0 Å². The van der Waals surface area contributed by atoms with Crippen LogP contribution in [-0.2, 0) is 19.8 Å². The molecule has 1 heterocycles. The van der Waals surface area contributed by atoms with Gasteiger partial charge in [0.2, 0.25) is 0 Å². The maximum absolute atomic E-state index is 11.6. The van der Waals surface area contributed by atoms with Crippen molar-refractivity contribution >= 4 is 33.4 Å². The SMILES string of the molecule is CCC(=O)CCCCN=C1NS(=O)(=O)NC1=NCCCCC(C)=O. The van der Waals surface area contributed by atoms with Gasteiger partial charge in [0.1, 0.15) is 11.6 Å². The molecule has 1 fully saturated rings. The first kappa shape index (κ1) is 20.3. The number of unbranched alkanes of at least 4 members (excludes halogenated alkanes) is 2. The minimum Gasteiger partial charge on any atom is -0.300 e. The van der Waals surface area contributed by atoms with E-state index in [4.69, 9.17) is 0 Å². The molecule has 0 unspecified atom stereocenters. The molecule has 0 aliphatic carbocycles. The molecule has 24 heavy (non-hydrogen) atoms. The Morgan fingerprint density at radius 1 is 0.917 bits per heavy atom. The number of ketones is 2. The lowest BCUT2D eigenvalue weighted by Crippen LogP contribution is -2.24. The molecule has 1 aliphatic rings. The Kier molecular flexibility index (Phi) is 8.59. The number of nitrogens with zero attached hydrogens (tertiary/aromatic N) is 2. The fourth-order valence-electron chi connectivity index (χ4n) is 2.07. The van der Waals surface area contributed by atoms with Gasteiger partial charge in [-0.2, -0.15) is 8.42 Å². The van der Waals surface area contributed by atoms with Crippen LogP contribution in [-0.4, -0.2) is 44.7 Å². The van der Waals surface area contributed by atoms with Crippen LogP contribution in [0.5, 0.6) is 0 Å². The largest absolute Gasteiger partial charge is 0.324 e. The molecule has 0 atom stereocenters. The summed E-state index contributed by atoms with van der Waals surface area (Å²) in [5.41, 5.74) is 0. The summed E-state index contributed by atoms with van der Waals surface area (Å²) in [7, 11) is -3.63. The summed E-state index contributed by atoms with van der Waals surface area (Å²) >= 11 is 0. The monoisotopic (exact) mass is 358 g/mol. The van der Waals surface area contributed by atoms with Crippen molar-refractivity contribution in [3.63, 3.8) is 0 Å². The van der Waals surface area contributed by atoms with Crippen LogP contribution in [0.25, 0.3) is 0 Å². The molecule has 136 valence electrons. The van der Waals surface area contributed by atoms with Gasteiger partial charge in [0.05, 0.1) is 0 Å². The van der Waals surface area contributed by atoms with E-state index in [-0.39, 0.29) is 23.2 Å². The van der Waals surface area contributed by atoms with Gasteiger partial charge in [0.15, 0.2) is 11.7 Å². The summed E-state index contributed by atoms with van der Waals surface area (Å²) in [6, 6.07) is 0. The molecule has 8 nitrogen and oxygen atoms in total. The average Bonchev–Trinajstić information content (AvgIpc) is 2.80. The third-order valence-corrected chi connectivity index (χ3v) is 4.35. The van der Waals surface area contributed by atoms with E-state index in [9.17, 15) is 18.0 Å². The number of aliphatic imine (C=N–C) groups is 2. The third kappa shape index (κ3) is 8.19. The molecule has 1 saturated heterocycles. The number of hydrogen-bond acceptors (Lipinski definition) is 6. The summed E-state index contributed by atoms with van der Waals surface area (Å²) in [6.45, 7) is 4.23. The molecule has 0 aromatic carbocycles. The summed E-state index contributed by atoms with van der Waals surface area (Å²) in [5, 5.41) is 0. The highest BCUT2D eigenvalue weighted by Crippen LogP contribution is 2.02. The van der Waals surface area contributed by atoms with Crippen molar-refractivity contribution in [1.29, 1.82) is 0 Å². The summed E-state index contributed by atoms with van der Waals surface area (Å²) in [5.74, 6) is 0.777. The molecular weight excluding hydrogens is 332 g/mol. The van der Waals surface area contributed by atoms with Gasteiger partial charge < -0.3 is 4.79 Å². The fraction of sp³-hybridized carbons (Fsp3) is 0.733. The van der Waals surface area contributed by atoms with Crippen LogP contribution in [0.1, 0.15) is 58.8 Å². The van der Waals surface area contributed by atoms with Gasteiger partial charge in [0, 0.05) is 32.4 Å². The Labute approximate surface area is 143 Å². The standard InChI is InChI=1S/C15H26N4O4S/c1-3-13(21)9-5-7-11-17-15-14(18-24(22,23)19-15)16-10-6-4-8-12(2)20/h3-11H2,1-2H3,(H,16,18)(H,17,19). The molecule has 0 saturated carbocycles. The maximum Gasteiger partial charge on any atom is 0.324 e. The molecular formula is C15H26N4O4S. The summed E-state index contributed by atoms with van der Waals surface area (Å²) in [4.78, 5) is 30.5.